The van der Waals surface area contributed by atoms with Crippen molar-refractivity contribution in [3.63, 3.8) is 0 Å². The van der Waals surface area contributed by atoms with Crippen molar-refractivity contribution < 1.29 is 32.7 Å². The molecule has 0 heterocycles. The van der Waals surface area contributed by atoms with E-state index >= 15 is 0 Å². The molecule has 0 amide bonds. The van der Waals surface area contributed by atoms with Crippen molar-refractivity contribution in [1.82, 2.24) is 0 Å². The van der Waals surface area contributed by atoms with Gasteiger partial charge in [-0.15, -0.1) is 0 Å². The predicted molar refractivity (Wildman–Crippen MR) is 20.9 cm³/mol. The van der Waals surface area contributed by atoms with Crippen LogP contribution in [0.1, 0.15) is 0 Å². The number of allylic oxidation sites excluding steroid dienone is 2. The van der Waals surface area contributed by atoms with Gasteiger partial charge in [-0.2, -0.15) is 0 Å². The Morgan fingerprint density at radius 3 is 2.17 bits per heavy atom. The Kier molecular flexibility index (Phi) is 14.5. The summed E-state index contributed by atoms with van der Waals surface area (Å²) < 4.78 is 0. The molecular formula is C4H5NY-2. The third-order valence-corrected chi connectivity index (χ3v) is 0.192. The summed E-state index contributed by atoms with van der Waals surface area (Å²) >= 11 is 0. The molecule has 2 heteroatoms. The molecule has 0 aromatic heterocycles. The number of hydrogen-bond donors (Lipinski definition) is 1. The fourth-order valence-corrected chi connectivity index (χ4v) is 0.0556. The van der Waals surface area contributed by atoms with Crippen LogP contribution in [0.5, 0.6) is 0 Å². The van der Waals surface area contributed by atoms with E-state index in [0.717, 1.165) is 0 Å². The average Bonchev–Trinajstić information content (AvgIpc) is 1.41. The van der Waals surface area contributed by atoms with Crippen molar-refractivity contribution in [3.05, 3.63) is 24.9 Å². The van der Waals surface area contributed by atoms with Crippen LogP contribution in [0.25, 0.3) is 0 Å². The molecule has 2 N–H and O–H groups in total. The van der Waals surface area contributed by atoms with Gasteiger partial charge < -0.3 is 24.5 Å². The number of hydrogen-bond acceptors (Lipinski definition) is 1. The van der Waals surface area contributed by atoms with E-state index in [1.807, 2.05) is 0 Å². The van der Waals surface area contributed by atoms with Gasteiger partial charge in [-0.05, 0) is 0 Å². The molecule has 0 aliphatic heterocycles. The molecule has 1 radical (unpaired) electrons. The quantitative estimate of drug-likeness (QED) is 0.328. The molecule has 0 rings (SSSR count). The smallest absolute Gasteiger partial charge is 0 e. The molecule has 31 valence electrons. The topological polar surface area (TPSA) is 26.0 Å². The predicted octanol–water partition coefficient (Wildman–Crippen LogP) is 0.249. The van der Waals surface area contributed by atoms with Crippen molar-refractivity contribution >= 4 is 0 Å². The van der Waals surface area contributed by atoms with Gasteiger partial charge in [-0.3, -0.25) is 6.20 Å². The second-order valence-electron chi connectivity index (χ2n) is 0.526. The molecule has 0 bridgehead atoms. The summed E-state index contributed by atoms with van der Waals surface area (Å²) in [7, 11) is 0. The first-order valence-electron chi connectivity index (χ1n) is 1.24. The van der Waals surface area contributed by atoms with Gasteiger partial charge in [0, 0.05) is 32.7 Å². The van der Waals surface area contributed by atoms with E-state index in [4.69, 9.17) is 12.3 Å². The average molecular weight is 156 g/mol. The molecule has 0 aliphatic carbocycles. The Balaban J connectivity index is 0. The second kappa shape index (κ2) is 9.04. The third kappa shape index (κ3) is 8.83. The molecular weight excluding hydrogens is 151 g/mol. The first kappa shape index (κ1) is 9.63. The van der Waals surface area contributed by atoms with Gasteiger partial charge in [0.25, 0.3) is 0 Å². The van der Waals surface area contributed by atoms with Crippen LogP contribution in [0.4, 0.5) is 0 Å². The SMILES string of the molecule is [CH-]=CC=[C-]N.[Y]. The Labute approximate surface area is 63.2 Å². The van der Waals surface area contributed by atoms with Crippen molar-refractivity contribution in [2.45, 2.75) is 0 Å². The van der Waals surface area contributed by atoms with E-state index in [9.17, 15) is 0 Å². The Bertz CT molecular complexity index is 49.5. The van der Waals surface area contributed by atoms with Gasteiger partial charge in [-0.25, -0.2) is 0 Å². The molecule has 0 unspecified atom stereocenters. The molecule has 0 aromatic carbocycles. The zero-order chi connectivity index (χ0) is 4.12. The summed E-state index contributed by atoms with van der Waals surface area (Å²) in [6, 6.07) is 0. The first-order valence-corrected chi connectivity index (χ1v) is 1.24. The second-order valence-corrected chi connectivity index (χ2v) is 0.526. The van der Waals surface area contributed by atoms with Crippen LogP contribution >= 0.6 is 0 Å². The molecule has 0 aromatic rings. The summed E-state index contributed by atoms with van der Waals surface area (Å²) in [6.45, 7) is 4.82. The maximum absolute atomic E-state index is 4.82. The fraction of sp³-hybridized carbons (Fsp3) is 0. The standard InChI is InChI=1S/C4H5N.Y/c1-2-3-4-5;/h1-3H,5H2;/q-2;. The monoisotopic (exact) mass is 156 g/mol. The minimum Gasteiger partial charge on any atom is -0.508 e. The zero-order valence-electron chi connectivity index (χ0n) is 3.39. The van der Waals surface area contributed by atoms with E-state index in [0.29, 0.717) is 0 Å². The van der Waals surface area contributed by atoms with E-state index in [1.165, 1.54) is 12.2 Å². The molecule has 0 fully saturated rings. The van der Waals surface area contributed by atoms with Gasteiger partial charge in [0.2, 0.25) is 0 Å². The van der Waals surface area contributed by atoms with Gasteiger partial charge in [0.1, 0.15) is 0 Å². The van der Waals surface area contributed by atoms with E-state index in [2.05, 4.69) is 6.20 Å². The summed E-state index contributed by atoms with van der Waals surface area (Å²) in [5.74, 6) is 0. The van der Waals surface area contributed by atoms with Crippen molar-refractivity contribution in [1.29, 1.82) is 0 Å². The molecule has 1 nitrogen and oxygen atoms in total. The van der Waals surface area contributed by atoms with Gasteiger partial charge in [0.05, 0.1) is 0 Å². The molecule has 0 saturated carbocycles. The molecule has 0 atom stereocenters. The minimum atomic E-state index is 0. The van der Waals surface area contributed by atoms with Crippen LogP contribution in [0.2, 0.25) is 0 Å². The largest absolute Gasteiger partial charge is 0.508 e. The Hall–Kier alpha value is 0.384. The van der Waals surface area contributed by atoms with Crippen LogP contribution in [0, 0.1) is 12.8 Å². The van der Waals surface area contributed by atoms with Crippen LogP contribution in [-0.2, 0) is 32.7 Å². The summed E-state index contributed by atoms with van der Waals surface area (Å²) in [4.78, 5) is 0. The molecule has 6 heavy (non-hydrogen) atoms. The summed E-state index contributed by atoms with van der Waals surface area (Å²) in [6.07, 6.45) is 4.96. The minimum absolute atomic E-state index is 0. The number of nitrogens with two attached hydrogens (primary N) is 1. The van der Waals surface area contributed by atoms with Gasteiger partial charge >= 0.3 is 0 Å². The number of rotatable bonds is 1. The van der Waals surface area contributed by atoms with E-state index in [-0.39, 0.29) is 32.7 Å². The van der Waals surface area contributed by atoms with Crippen LogP contribution in [-0.4, -0.2) is 0 Å². The Morgan fingerprint density at radius 2 is 2.17 bits per heavy atom. The normalized spacial score (nSPS) is 7.33. The van der Waals surface area contributed by atoms with Crippen molar-refractivity contribution in [2.24, 2.45) is 5.73 Å². The van der Waals surface area contributed by atoms with Crippen LogP contribution in [0.15, 0.2) is 12.2 Å². The summed E-state index contributed by atoms with van der Waals surface area (Å²) in [5, 5.41) is 0. The Morgan fingerprint density at radius 1 is 1.67 bits per heavy atom. The van der Waals surface area contributed by atoms with Gasteiger partial charge in [0.15, 0.2) is 0 Å². The van der Waals surface area contributed by atoms with Gasteiger partial charge in [-0.1, -0.05) is 0 Å². The maximum Gasteiger partial charge on any atom is 0 e. The van der Waals surface area contributed by atoms with Crippen molar-refractivity contribution in [3.8, 4) is 0 Å². The third-order valence-electron chi connectivity index (χ3n) is 0.192. The first-order chi connectivity index (χ1) is 2.41. The zero-order valence-corrected chi connectivity index (χ0v) is 6.23. The molecule has 0 aliphatic rings. The summed E-state index contributed by atoms with van der Waals surface area (Å²) in [5.41, 5.74) is 4.72. The molecule has 0 saturated heterocycles. The van der Waals surface area contributed by atoms with E-state index in [1.54, 1.807) is 0 Å². The fourth-order valence-electron chi connectivity index (χ4n) is 0.0556. The van der Waals surface area contributed by atoms with Crippen LogP contribution in [0.3, 0.4) is 0 Å². The van der Waals surface area contributed by atoms with Crippen LogP contribution < -0.4 is 5.73 Å². The molecule has 0 spiro atoms. The maximum atomic E-state index is 4.82. The van der Waals surface area contributed by atoms with E-state index < -0.39 is 0 Å². The van der Waals surface area contributed by atoms with Crippen molar-refractivity contribution in [2.75, 3.05) is 0 Å².